The van der Waals surface area contributed by atoms with E-state index in [1.807, 2.05) is 11.6 Å². The first-order chi connectivity index (χ1) is 9.42. The number of nitrogens with one attached hydrogen (secondary N) is 1. The maximum absolute atomic E-state index is 12.2. The van der Waals surface area contributed by atoms with Crippen molar-refractivity contribution >= 4 is 27.7 Å². The van der Waals surface area contributed by atoms with E-state index in [0.717, 1.165) is 4.31 Å². The van der Waals surface area contributed by atoms with Gasteiger partial charge in [0.1, 0.15) is 0 Å². The molecule has 0 spiro atoms. The molecule has 0 saturated carbocycles. The van der Waals surface area contributed by atoms with Gasteiger partial charge in [-0.25, -0.2) is 9.52 Å². The van der Waals surface area contributed by atoms with Crippen molar-refractivity contribution in [2.24, 2.45) is 0 Å². The molecule has 0 bridgehead atoms. The van der Waals surface area contributed by atoms with Crippen molar-refractivity contribution < 1.29 is 17.9 Å². The van der Waals surface area contributed by atoms with E-state index in [1.54, 1.807) is 31.2 Å². The van der Waals surface area contributed by atoms with Crippen molar-refractivity contribution in [1.29, 1.82) is 0 Å². The van der Waals surface area contributed by atoms with E-state index in [4.69, 9.17) is 5.73 Å². The second kappa shape index (κ2) is 6.99. The number of anilines is 2. The maximum atomic E-state index is 12.2. The summed E-state index contributed by atoms with van der Waals surface area (Å²) in [5.41, 5.74) is 6.43. The SMILES string of the molecule is CCCN(c1ccccc1N)S(=O)(=O)NC(=O)OCC. The van der Waals surface area contributed by atoms with E-state index in [9.17, 15) is 13.2 Å². The number of nitrogens with two attached hydrogens (primary N) is 1. The third-order valence-electron chi connectivity index (χ3n) is 2.41. The zero-order valence-electron chi connectivity index (χ0n) is 11.5. The topological polar surface area (TPSA) is 102 Å². The molecule has 1 rings (SSSR count). The van der Waals surface area contributed by atoms with E-state index >= 15 is 0 Å². The lowest BCUT2D eigenvalue weighted by Crippen LogP contribution is -2.44. The smallest absolute Gasteiger partial charge is 0.422 e. The van der Waals surface area contributed by atoms with Crippen molar-refractivity contribution in [2.45, 2.75) is 20.3 Å². The highest BCUT2D eigenvalue weighted by Gasteiger charge is 2.25. The Balaban J connectivity index is 3.07. The lowest BCUT2D eigenvalue weighted by atomic mass is 10.2. The molecule has 1 aromatic carbocycles. The molecule has 3 N–H and O–H groups in total. The quantitative estimate of drug-likeness (QED) is 0.775. The van der Waals surface area contributed by atoms with E-state index < -0.39 is 16.3 Å². The van der Waals surface area contributed by atoms with E-state index in [2.05, 4.69) is 4.74 Å². The predicted octanol–water partition coefficient (Wildman–Crippen LogP) is 1.48. The number of carbonyl (C=O) groups is 1. The molecule has 0 aliphatic heterocycles. The van der Waals surface area contributed by atoms with Gasteiger partial charge in [-0.1, -0.05) is 19.1 Å². The zero-order chi connectivity index (χ0) is 15.2. The fraction of sp³-hybridized carbons (Fsp3) is 0.417. The summed E-state index contributed by atoms with van der Waals surface area (Å²) >= 11 is 0. The van der Waals surface area contributed by atoms with E-state index in [-0.39, 0.29) is 13.2 Å². The summed E-state index contributed by atoms with van der Waals surface area (Å²) in [5, 5.41) is 0. The van der Waals surface area contributed by atoms with Gasteiger partial charge >= 0.3 is 16.3 Å². The molecular formula is C12H19N3O4S. The van der Waals surface area contributed by atoms with E-state index in [0.29, 0.717) is 17.8 Å². The Morgan fingerprint density at radius 2 is 2.00 bits per heavy atom. The lowest BCUT2D eigenvalue weighted by molar-refractivity contribution is 0.158. The Hall–Kier alpha value is -1.96. The molecule has 0 fully saturated rings. The van der Waals surface area contributed by atoms with Gasteiger partial charge in [0.25, 0.3) is 0 Å². The first-order valence-electron chi connectivity index (χ1n) is 6.24. The summed E-state index contributed by atoms with van der Waals surface area (Å²) in [6, 6.07) is 6.55. The Labute approximate surface area is 118 Å². The number of para-hydroxylation sites is 2. The molecule has 20 heavy (non-hydrogen) atoms. The highest BCUT2D eigenvalue weighted by Crippen LogP contribution is 2.24. The maximum Gasteiger partial charge on any atom is 0.422 e. The van der Waals surface area contributed by atoms with Gasteiger partial charge in [-0.2, -0.15) is 8.42 Å². The number of ether oxygens (including phenoxy) is 1. The molecule has 0 aromatic heterocycles. The number of hydrogen-bond acceptors (Lipinski definition) is 5. The summed E-state index contributed by atoms with van der Waals surface area (Å²) in [5.74, 6) is 0. The molecule has 1 aromatic rings. The van der Waals surface area contributed by atoms with Crippen LogP contribution in [0.5, 0.6) is 0 Å². The largest absolute Gasteiger partial charge is 0.449 e. The molecule has 112 valence electrons. The minimum absolute atomic E-state index is 0.0859. The number of nitrogen functional groups attached to an aromatic ring is 1. The molecule has 1 amide bonds. The third-order valence-corrected chi connectivity index (χ3v) is 3.79. The van der Waals surface area contributed by atoms with Crippen molar-refractivity contribution in [3.63, 3.8) is 0 Å². The second-order valence-electron chi connectivity index (χ2n) is 3.96. The highest BCUT2D eigenvalue weighted by molar-refractivity contribution is 7.91. The fourth-order valence-electron chi connectivity index (χ4n) is 1.61. The number of carbonyl (C=O) groups excluding carboxylic acids is 1. The van der Waals surface area contributed by atoms with Crippen LogP contribution in [0.3, 0.4) is 0 Å². The second-order valence-corrected chi connectivity index (χ2v) is 5.55. The van der Waals surface area contributed by atoms with Crippen LogP contribution in [0.1, 0.15) is 20.3 Å². The summed E-state index contributed by atoms with van der Waals surface area (Å²) in [6.07, 6.45) is -0.443. The van der Waals surface area contributed by atoms with Crippen LogP contribution in [-0.4, -0.2) is 27.7 Å². The average molecular weight is 301 g/mol. The minimum atomic E-state index is -4.05. The Morgan fingerprint density at radius 3 is 2.55 bits per heavy atom. The Bertz CT molecular complexity index is 560. The van der Waals surface area contributed by atoms with E-state index in [1.165, 1.54) is 0 Å². The van der Waals surface area contributed by atoms with Crippen molar-refractivity contribution in [3.8, 4) is 0 Å². The molecular weight excluding hydrogens is 282 g/mol. The number of hydrogen-bond donors (Lipinski definition) is 2. The Morgan fingerprint density at radius 1 is 1.35 bits per heavy atom. The number of nitrogens with zero attached hydrogens (tertiary/aromatic N) is 1. The molecule has 0 aliphatic rings. The molecule has 7 nitrogen and oxygen atoms in total. The molecule has 8 heteroatoms. The standard InChI is InChI=1S/C12H19N3O4S/c1-3-9-15(11-8-6-5-7-10(11)13)20(17,18)14-12(16)19-4-2/h5-8H,3-4,9,13H2,1-2H3,(H,14,16). The summed E-state index contributed by atoms with van der Waals surface area (Å²) in [7, 11) is -4.05. The molecule has 0 heterocycles. The van der Waals surface area contributed by atoms with Gasteiger partial charge in [-0.05, 0) is 25.5 Å². The monoisotopic (exact) mass is 301 g/mol. The van der Waals surface area contributed by atoms with Crippen molar-refractivity contribution in [1.82, 2.24) is 4.72 Å². The van der Waals surface area contributed by atoms with Crippen molar-refractivity contribution in [3.05, 3.63) is 24.3 Å². The average Bonchev–Trinajstić information content (AvgIpc) is 2.36. The molecule has 0 radical (unpaired) electrons. The van der Waals surface area contributed by atoms with Crippen LogP contribution in [-0.2, 0) is 14.9 Å². The van der Waals surface area contributed by atoms with Gasteiger partial charge in [0, 0.05) is 6.54 Å². The first-order valence-corrected chi connectivity index (χ1v) is 7.68. The van der Waals surface area contributed by atoms with Gasteiger partial charge in [0.2, 0.25) is 0 Å². The number of amides is 1. The molecule has 0 aliphatic carbocycles. The van der Waals surface area contributed by atoms with Crippen LogP contribution < -0.4 is 14.8 Å². The molecule has 0 unspecified atom stereocenters. The number of rotatable bonds is 6. The van der Waals surface area contributed by atoms with Gasteiger partial charge in [0.05, 0.1) is 18.0 Å². The fourth-order valence-corrected chi connectivity index (χ4v) is 2.84. The van der Waals surface area contributed by atoms with Crippen LogP contribution in [0.15, 0.2) is 24.3 Å². The predicted molar refractivity (Wildman–Crippen MR) is 77.6 cm³/mol. The molecule has 0 saturated heterocycles. The first kappa shape index (κ1) is 16.1. The normalized spacial score (nSPS) is 10.9. The summed E-state index contributed by atoms with van der Waals surface area (Å²) < 4.78 is 31.9. The Kier molecular flexibility index (Phi) is 5.63. The van der Waals surface area contributed by atoms with Crippen LogP contribution in [0.25, 0.3) is 0 Å². The van der Waals surface area contributed by atoms with Crippen LogP contribution >= 0.6 is 0 Å². The zero-order valence-corrected chi connectivity index (χ0v) is 12.3. The molecule has 0 atom stereocenters. The van der Waals surface area contributed by atoms with Gasteiger partial charge < -0.3 is 10.5 Å². The number of benzene rings is 1. The van der Waals surface area contributed by atoms with Crippen LogP contribution in [0, 0.1) is 0 Å². The van der Waals surface area contributed by atoms with Gasteiger partial charge in [-0.15, -0.1) is 0 Å². The lowest BCUT2D eigenvalue weighted by Gasteiger charge is -2.24. The van der Waals surface area contributed by atoms with Gasteiger partial charge in [-0.3, -0.25) is 4.31 Å². The minimum Gasteiger partial charge on any atom is -0.449 e. The summed E-state index contributed by atoms with van der Waals surface area (Å²) in [6.45, 7) is 3.70. The highest BCUT2D eigenvalue weighted by atomic mass is 32.2. The van der Waals surface area contributed by atoms with Gasteiger partial charge in [0.15, 0.2) is 0 Å². The van der Waals surface area contributed by atoms with Crippen molar-refractivity contribution in [2.75, 3.05) is 23.2 Å². The van der Waals surface area contributed by atoms with Crippen LogP contribution in [0.4, 0.5) is 16.2 Å². The third kappa shape index (κ3) is 4.02. The van der Waals surface area contributed by atoms with Crippen LogP contribution in [0.2, 0.25) is 0 Å². The summed E-state index contributed by atoms with van der Waals surface area (Å²) in [4.78, 5) is 11.3.